The van der Waals surface area contributed by atoms with Crippen LogP contribution in [-0.2, 0) is 4.79 Å². The van der Waals surface area contributed by atoms with Gasteiger partial charge in [-0.2, -0.15) is 0 Å². The van der Waals surface area contributed by atoms with Crippen molar-refractivity contribution in [2.45, 2.75) is 19.4 Å². The van der Waals surface area contributed by atoms with Gasteiger partial charge in [0.2, 0.25) is 0 Å². The van der Waals surface area contributed by atoms with Crippen LogP contribution in [-0.4, -0.2) is 31.8 Å². The van der Waals surface area contributed by atoms with Gasteiger partial charge in [0.05, 0.1) is 20.1 Å². The molecule has 0 aromatic heterocycles. The van der Waals surface area contributed by atoms with Crippen LogP contribution in [0.25, 0.3) is 0 Å². The molecule has 19 heavy (non-hydrogen) atoms. The number of methoxy groups -OCH3 is 2. The first-order valence-electron chi connectivity index (χ1n) is 6.25. The maximum Gasteiger partial charge on any atom is 0.307 e. The van der Waals surface area contributed by atoms with E-state index in [4.69, 9.17) is 14.6 Å². The fraction of sp³-hybridized carbons (Fsp3) is 0.500. The molecule has 0 spiro atoms. The Bertz CT molecular complexity index is 487. The molecular formula is C14H19NO4. The highest BCUT2D eigenvalue weighted by atomic mass is 16.5. The van der Waals surface area contributed by atoms with E-state index in [0.717, 1.165) is 22.6 Å². The van der Waals surface area contributed by atoms with Gasteiger partial charge in [-0.25, -0.2) is 0 Å². The molecule has 5 nitrogen and oxygen atoms in total. The molecule has 1 saturated heterocycles. The smallest absolute Gasteiger partial charge is 0.307 e. The first-order chi connectivity index (χ1) is 9.06. The summed E-state index contributed by atoms with van der Waals surface area (Å²) in [7, 11) is 3.23. The Morgan fingerprint density at radius 3 is 2.63 bits per heavy atom. The van der Waals surface area contributed by atoms with Crippen LogP contribution in [0.15, 0.2) is 12.1 Å². The average molecular weight is 265 g/mol. The summed E-state index contributed by atoms with van der Waals surface area (Å²) in [6.45, 7) is 2.48. The standard InChI is InChI=1S/C14H19NO4/c1-8-4-10(18-2)6-12(19-3)13(8)11-5-9(7-15-11)14(16)17/h4,6,9,11,15H,5,7H2,1-3H3,(H,16,17). The van der Waals surface area contributed by atoms with Crippen LogP contribution < -0.4 is 14.8 Å². The highest BCUT2D eigenvalue weighted by molar-refractivity contribution is 5.71. The topological polar surface area (TPSA) is 67.8 Å². The summed E-state index contributed by atoms with van der Waals surface area (Å²) in [5.41, 5.74) is 2.06. The minimum atomic E-state index is -0.750. The van der Waals surface area contributed by atoms with Gasteiger partial charge in [0, 0.05) is 24.2 Å². The van der Waals surface area contributed by atoms with E-state index >= 15 is 0 Å². The Labute approximate surface area is 112 Å². The van der Waals surface area contributed by atoms with Gasteiger partial charge in [-0.3, -0.25) is 4.79 Å². The van der Waals surface area contributed by atoms with Gasteiger partial charge in [-0.15, -0.1) is 0 Å². The maximum absolute atomic E-state index is 11.0. The van der Waals surface area contributed by atoms with Gasteiger partial charge in [0.1, 0.15) is 11.5 Å². The zero-order valence-electron chi connectivity index (χ0n) is 11.4. The van der Waals surface area contributed by atoms with Crippen molar-refractivity contribution in [1.29, 1.82) is 0 Å². The van der Waals surface area contributed by atoms with Crippen molar-refractivity contribution in [3.63, 3.8) is 0 Å². The lowest BCUT2D eigenvalue weighted by Gasteiger charge is -2.19. The summed E-state index contributed by atoms with van der Waals surface area (Å²) in [6.07, 6.45) is 0.582. The Morgan fingerprint density at radius 1 is 1.37 bits per heavy atom. The summed E-state index contributed by atoms with van der Waals surface area (Å²) in [5, 5.41) is 12.3. The molecule has 5 heteroatoms. The lowest BCUT2D eigenvalue weighted by Crippen LogP contribution is -2.18. The third-order valence-corrected chi connectivity index (χ3v) is 3.61. The molecule has 2 N–H and O–H groups in total. The van der Waals surface area contributed by atoms with Crippen LogP contribution in [0, 0.1) is 12.8 Å². The molecule has 104 valence electrons. The molecule has 0 bridgehead atoms. The normalized spacial score (nSPS) is 22.3. The van der Waals surface area contributed by atoms with Crippen LogP contribution in [0.1, 0.15) is 23.6 Å². The third kappa shape index (κ3) is 2.66. The molecule has 2 atom stereocenters. The third-order valence-electron chi connectivity index (χ3n) is 3.61. The van der Waals surface area contributed by atoms with Gasteiger partial charge in [-0.05, 0) is 25.0 Å². The molecule has 2 unspecified atom stereocenters. The van der Waals surface area contributed by atoms with Crippen LogP contribution in [0.4, 0.5) is 0 Å². The second-order valence-electron chi connectivity index (χ2n) is 4.79. The van der Waals surface area contributed by atoms with E-state index in [2.05, 4.69) is 5.32 Å². The SMILES string of the molecule is COc1cc(C)c(C2CC(C(=O)O)CN2)c(OC)c1. The highest BCUT2D eigenvalue weighted by Crippen LogP contribution is 2.37. The lowest BCUT2D eigenvalue weighted by atomic mass is 9.95. The summed E-state index contributed by atoms with van der Waals surface area (Å²) in [6, 6.07) is 3.79. The van der Waals surface area contributed by atoms with Crippen molar-refractivity contribution < 1.29 is 19.4 Å². The summed E-state index contributed by atoms with van der Waals surface area (Å²) < 4.78 is 10.6. The number of ether oxygens (including phenoxy) is 2. The number of carbonyl (C=O) groups is 1. The fourth-order valence-corrected chi connectivity index (χ4v) is 2.61. The average Bonchev–Trinajstić information content (AvgIpc) is 2.86. The number of benzene rings is 1. The van der Waals surface area contributed by atoms with E-state index in [-0.39, 0.29) is 12.0 Å². The molecule has 1 aromatic rings. The van der Waals surface area contributed by atoms with Crippen molar-refractivity contribution in [3.05, 3.63) is 23.3 Å². The largest absolute Gasteiger partial charge is 0.497 e. The maximum atomic E-state index is 11.0. The number of aliphatic carboxylic acids is 1. The summed E-state index contributed by atoms with van der Waals surface area (Å²) in [5.74, 6) is 0.391. The van der Waals surface area contributed by atoms with E-state index in [9.17, 15) is 4.79 Å². The molecule has 1 aliphatic rings. The first-order valence-corrected chi connectivity index (χ1v) is 6.25. The van der Waals surface area contributed by atoms with E-state index in [1.54, 1.807) is 14.2 Å². The van der Waals surface area contributed by atoms with Crippen LogP contribution in [0.5, 0.6) is 11.5 Å². The lowest BCUT2D eigenvalue weighted by molar-refractivity contribution is -0.141. The molecule has 1 aliphatic heterocycles. The zero-order chi connectivity index (χ0) is 14.0. The van der Waals surface area contributed by atoms with E-state index in [1.165, 1.54) is 0 Å². The number of rotatable bonds is 4. The molecular weight excluding hydrogens is 246 g/mol. The van der Waals surface area contributed by atoms with Crippen molar-refractivity contribution in [2.75, 3.05) is 20.8 Å². The molecule has 0 saturated carbocycles. The number of aryl methyl sites for hydroxylation is 1. The van der Waals surface area contributed by atoms with Crippen molar-refractivity contribution in [3.8, 4) is 11.5 Å². The molecule has 0 amide bonds. The summed E-state index contributed by atoms with van der Waals surface area (Å²) in [4.78, 5) is 11.0. The zero-order valence-corrected chi connectivity index (χ0v) is 11.4. The van der Waals surface area contributed by atoms with Gasteiger partial charge in [0.25, 0.3) is 0 Å². The van der Waals surface area contributed by atoms with Crippen LogP contribution >= 0.6 is 0 Å². The predicted octanol–water partition coefficient (Wildman–Crippen LogP) is 1.75. The minimum Gasteiger partial charge on any atom is -0.497 e. The summed E-state index contributed by atoms with van der Waals surface area (Å²) >= 11 is 0. The number of hydrogen-bond donors (Lipinski definition) is 2. The Hall–Kier alpha value is -1.75. The number of nitrogens with one attached hydrogen (secondary N) is 1. The predicted molar refractivity (Wildman–Crippen MR) is 70.8 cm³/mol. The van der Waals surface area contributed by atoms with Crippen molar-refractivity contribution >= 4 is 5.97 Å². The number of carboxylic acid groups (broad SMARTS) is 1. The quantitative estimate of drug-likeness (QED) is 0.868. The molecule has 1 aromatic carbocycles. The Kier molecular flexibility index (Phi) is 3.95. The van der Waals surface area contributed by atoms with Gasteiger partial charge >= 0.3 is 5.97 Å². The van der Waals surface area contributed by atoms with Crippen LogP contribution in [0.2, 0.25) is 0 Å². The monoisotopic (exact) mass is 265 g/mol. The van der Waals surface area contributed by atoms with Crippen molar-refractivity contribution in [2.24, 2.45) is 5.92 Å². The molecule has 1 heterocycles. The second-order valence-corrected chi connectivity index (χ2v) is 4.79. The highest BCUT2D eigenvalue weighted by Gasteiger charge is 2.32. The molecule has 0 radical (unpaired) electrons. The van der Waals surface area contributed by atoms with Gasteiger partial charge in [-0.1, -0.05) is 0 Å². The first kappa shape index (κ1) is 13.7. The minimum absolute atomic E-state index is 0.0157. The van der Waals surface area contributed by atoms with E-state index < -0.39 is 5.97 Å². The van der Waals surface area contributed by atoms with Crippen LogP contribution in [0.3, 0.4) is 0 Å². The van der Waals surface area contributed by atoms with Gasteiger partial charge < -0.3 is 19.9 Å². The van der Waals surface area contributed by atoms with E-state index in [1.807, 2.05) is 19.1 Å². The van der Waals surface area contributed by atoms with Gasteiger partial charge in [0.15, 0.2) is 0 Å². The van der Waals surface area contributed by atoms with Crippen molar-refractivity contribution in [1.82, 2.24) is 5.32 Å². The second kappa shape index (κ2) is 5.48. The Morgan fingerprint density at radius 2 is 2.11 bits per heavy atom. The Balaban J connectivity index is 2.32. The molecule has 0 aliphatic carbocycles. The van der Waals surface area contributed by atoms with E-state index in [0.29, 0.717) is 13.0 Å². The fourth-order valence-electron chi connectivity index (χ4n) is 2.61. The molecule has 2 rings (SSSR count). The number of carboxylic acids is 1. The molecule has 1 fully saturated rings. The number of hydrogen-bond acceptors (Lipinski definition) is 4.